The predicted octanol–water partition coefficient (Wildman–Crippen LogP) is 1.79. The van der Waals surface area contributed by atoms with Crippen LogP contribution in [0.25, 0.3) is 0 Å². The van der Waals surface area contributed by atoms with Gasteiger partial charge in [-0.1, -0.05) is 12.8 Å². The van der Waals surface area contributed by atoms with Gasteiger partial charge in [-0.25, -0.2) is 4.98 Å². The maximum absolute atomic E-state index is 4.03. The Morgan fingerprint density at radius 3 is 2.62 bits per heavy atom. The normalized spacial score (nSPS) is 20.0. The van der Waals surface area contributed by atoms with Crippen molar-refractivity contribution in [1.29, 1.82) is 0 Å². The molecule has 1 fully saturated rings. The summed E-state index contributed by atoms with van der Waals surface area (Å²) >= 11 is 0. The fourth-order valence-corrected chi connectivity index (χ4v) is 1.91. The highest BCUT2D eigenvalue weighted by Crippen LogP contribution is 2.11. The highest BCUT2D eigenvalue weighted by atomic mass is 15.1. The zero-order chi connectivity index (χ0) is 8.93. The van der Waals surface area contributed by atoms with Crippen LogP contribution in [0.5, 0.6) is 0 Å². The number of nitrogens with zero attached hydrogens (tertiary/aromatic N) is 2. The number of aromatic amines is 1. The number of H-pyrrole nitrogens is 1. The lowest BCUT2D eigenvalue weighted by molar-refractivity contribution is 0.274. The molecule has 0 saturated carbocycles. The van der Waals surface area contributed by atoms with Gasteiger partial charge in [0, 0.05) is 18.4 Å². The second-order valence-corrected chi connectivity index (χ2v) is 3.77. The summed E-state index contributed by atoms with van der Waals surface area (Å²) < 4.78 is 0. The molecule has 3 heteroatoms. The lowest BCUT2D eigenvalue weighted by Crippen LogP contribution is -2.24. The fraction of sp³-hybridized carbons (Fsp3) is 0.700. The van der Waals surface area contributed by atoms with Crippen LogP contribution in [0.15, 0.2) is 12.5 Å². The molecule has 1 N–H and O–H groups in total. The first-order valence-corrected chi connectivity index (χ1v) is 5.15. The molecule has 1 aliphatic rings. The fourth-order valence-electron chi connectivity index (χ4n) is 1.91. The van der Waals surface area contributed by atoms with E-state index in [1.165, 1.54) is 44.5 Å². The van der Waals surface area contributed by atoms with Crippen molar-refractivity contribution < 1.29 is 0 Å². The smallest absolute Gasteiger partial charge is 0.0922 e. The average Bonchev–Trinajstić information content (AvgIpc) is 2.49. The molecule has 0 bridgehead atoms. The van der Waals surface area contributed by atoms with Gasteiger partial charge in [-0.15, -0.1) is 0 Å². The van der Waals surface area contributed by atoms with Crippen LogP contribution in [0, 0.1) is 0 Å². The minimum atomic E-state index is 1.04. The molecule has 2 heterocycles. The van der Waals surface area contributed by atoms with Crippen molar-refractivity contribution in [3.63, 3.8) is 0 Å². The first kappa shape index (κ1) is 8.75. The topological polar surface area (TPSA) is 31.9 Å². The van der Waals surface area contributed by atoms with Crippen molar-refractivity contribution in [3.8, 4) is 0 Å². The number of rotatable bonds is 2. The molecular formula is C10H17N3. The van der Waals surface area contributed by atoms with Gasteiger partial charge in [0.25, 0.3) is 0 Å². The predicted molar refractivity (Wildman–Crippen MR) is 52.3 cm³/mol. The van der Waals surface area contributed by atoms with Crippen molar-refractivity contribution in [2.45, 2.75) is 32.2 Å². The first-order chi connectivity index (χ1) is 6.45. The Hall–Kier alpha value is -0.830. The Kier molecular flexibility index (Phi) is 2.98. The molecular weight excluding hydrogens is 162 g/mol. The second-order valence-electron chi connectivity index (χ2n) is 3.77. The molecule has 1 aromatic rings. The van der Waals surface area contributed by atoms with E-state index in [1.54, 1.807) is 6.33 Å². The molecule has 72 valence electrons. The van der Waals surface area contributed by atoms with Crippen LogP contribution in [-0.2, 0) is 6.54 Å². The molecule has 0 aliphatic carbocycles. The first-order valence-electron chi connectivity index (χ1n) is 5.15. The Balaban J connectivity index is 1.86. The van der Waals surface area contributed by atoms with Crippen molar-refractivity contribution in [2.75, 3.05) is 13.1 Å². The van der Waals surface area contributed by atoms with E-state index in [2.05, 4.69) is 14.9 Å². The Morgan fingerprint density at radius 2 is 2.00 bits per heavy atom. The van der Waals surface area contributed by atoms with E-state index >= 15 is 0 Å². The molecule has 0 spiro atoms. The van der Waals surface area contributed by atoms with E-state index in [0.29, 0.717) is 0 Å². The van der Waals surface area contributed by atoms with E-state index in [1.807, 2.05) is 6.20 Å². The van der Waals surface area contributed by atoms with Gasteiger partial charge < -0.3 is 4.98 Å². The van der Waals surface area contributed by atoms with Crippen molar-refractivity contribution in [1.82, 2.24) is 14.9 Å². The van der Waals surface area contributed by atoms with E-state index in [9.17, 15) is 0 Å². The summed E-state index contributed by atoms with van der Waals surface area (Å²) in [5, 5.41) is 0. The largest absolute Gasteiger partial charge is 0.347 e. The van der Waals surface area contributed by atoms with Crippen molar-refractivity contribution in [3.05, 3.63) is 18.2 Å². The van der Waals surface area contributed by atoms with Crippen LogP contribution < -0.4 is 0 Å². The highest BCUT2D eigenvalue weighted by molar-refractivity contribution is 4.93. The number of aromatic nitrogens is 2. The van der Waals surface area contributed by atoms with Crippen LogP contribution in [0.2, 0.25) is 0 Å². The van der Waals surface area contributed by atoms with Crippen LogP contribution in [0.1, 0.15) is 31.4 Å². The van der Waals surface area contributed by atoms with Gasteiger partial charge in [0.2, 0.25) is 0 Å². The van der Waals surface area contributed by atoms with E-state index in [0.717, 1.165) is 6.54 Å². The molecule has 0 aromatic carbocycles. The molecule has 0 amide bonds. The van der Waals surface area contributed by atoms with Gasteiger partial charge in [0.05, 0.1) is 6.33 Å². The van der Waals surface area contributed by atoms with Gasteiger partial charge in [-0.2, -0.15) is 0 Å². The molecule has 2 rings (SSSR count). The molecule has 3 nitrogen and oxygen atoms in total. The summed E-state index contributed by atoms with van der Waals surface area (Å²) in [4.78, 5) is 9.70. The number of hydrogen-bond acceptors (Lipinski definition) is 2. The van der Waals surface area contributed by atoms with Gasteiger partial charge in [-0.3, -0.25) is 4.90 Å². The van der Waals surface area contributed by atoms with Crippen LogP contribution in [0.3, 0.4) is 0 Å². The standard InChI is InChI=1S/C10H17N3/c1-2-4-6-13(5-3-1)8-10-7-11-9-12-10/h7,9H,1-6,8H2,(H,11,12). The second kappa shape index (κ2) is 4.42. The summed E-state index contributed by atoms with van der Waals surface area (Å²) in [6, 6.07) is 0. The van der Waals surface area contributed by atoms with Crippen molar-refractivity contribution >= 4 is 0 Å². The molecule has 0 atom stereocenters. The third kappa shape index (κ3) is 2.56. The SMILES string of the molecule is c1ncc(CN2CCCCCC2)[nH]1. The monoisotopic (exact) mass is 179 g/mol. The van der Waals surface area contributed by atoms with E-state index < -0.39 is 0 Å². The summed E-state index contributed by atoms with van der Waals surface area (Å²) in [7, 11) is 0. The highest BCUT2D eigenvalue weighted by Gasteiger charge is 2.09. The Labute approximate surface area is 79.2 Å². The van der Waals surface area contributed by atoms with Gasteiger partial charge in [0.15, 0.2) is 0 Å². The van der Waals surface area contributed by atoms with Crippen LogP contribution >= 0.6 is 0 Å². The lowest BCUT2D eigenvalue weighted by atomic mass is 10.2. The summed E-state index contributed by atoms with van der Waals surface area (Å²) in [5.74, 6) is 0. The lowest BCUT2D eigenvalue weighted by Gasteiger charge is -2.18. The summed E-state index contributed by atoms with van der Waals surface area (Å²) in [5.41, 5.74) is 1.24. The zero-order valence-electron chi connectivity index (χ0n) is 8.00. The Bertz CT molecular complexity index is 222. The zero-order valence-corrected chi connectivity index (χ0v) is 8.00. The van der Waals surface area contributed by atoms with E-state index in [4.69, 9.17) is 0 Å². The minimum Gasteiger partial charge on any atom is -0.347 e. The van der Waals surface area contributed by atoms with Gasteiger partial charge >= 0.3 is 0 Å². The quantitative estimate of drug-likeness (QED) is 0.750. The third-order valence-corrected chi connectivity index (χ3v) is 2.65. The Morgan fingerprint density at radius 1 is 1.23 bits per heavy atom. The number of hydrogen-bond donors (Lipinski definition) is 1. The third-order valence-electron chi connectivity index (χ3n) is 2.65. The van der Waals surface area contributed by atoms with E-state index in [-0.39, 0.29) is 0 Å². The number of imidazole rings is 1. The molecule has 1 aliphatic heterocycles. The number of nitrogens with one attached hydrogen (secondary N) is 1. The minimum absolute atomic E-state index is 1.04. The summed E-state index contributed by atoms with van der Waals surface area (Å²) in [6.07, 6.45) is 9.19. The van der Waals surface area contributed by atoms with Crippen molar-refractivity contribution in [2.24, 2.45) is 0 Å². The molecule has 1 saturated heterocycles. The average molecular weight is 179 g/mol. The maximum atomic E-state index is 4.03. The number of likely N-dealkylation sites (tertiary alicyclic amines) is 1. The molecule has 13 heavy (non-hydrogen) atoms. The maximum Gasteiger partial charge on any atom is 0.0922 e. The van der Waals surface area contributed by atoms with Gasteiger partial charge in [-0.05, 0) is 25.9 Å². The summed E-state index contributed by atoms with van der Waals surface area (Å²) in [6.45, 7) is 3.54. The molecule has 1 aromatic heterocycles. The van der Waals surface area contributed by atoms with Crippen LogP contribution in [0.4, 0.5) is 0 Å². The van der Waals surface area contributed by atoms with Gasteiger partial charge in [0.1, 0.15) is 0 Å². The molecule has 0 radical (unpaired) electrons. The molecule has 0 unspecified atom stereocenters. The van der Waals surface area contributed by atoms with Crippen LogP contribution in [-0.4, -0.2) is 28.0 Å².